The van der Waals surface area contributed by atoms with Crippen LogP contribution in [0.2, 0.25) is 0 Å². The monoisotopic (exact) mass is 421 g/mol. The van der Waals surface area contributed by atoms with E-state index in [0.717, 1.165) is 18.1 Å². The quantitative estimate of drug-likeness (QED) is 0.443. The van der Waals surface area contributed by atoms with E-state index in [2.05, 4.69) is 31.3 Å². The maximum absolute atomic E-state index is 5.79. The Balaban J connectivity index is 1.58. The minimum atomic E-state index is 0.646. The van der Waals surface area contributed by atoms with Gasteiger partial charge in [-0.15, -0.1) is 5.10 Å². The molecule has 0 aliphatic heterocycles. The second-order valence-corrected chi connectivity index (χ2v) is 7.66. The highest BCUT2D eigenvalue weighted by Gasteiger charge is 2.17. The number of furan rings is 1. The minimum absolute atomic E-state index is 0.646. The minimum Gasteiger partial charge on any atom is -0.497 e. The summed E-state index contributed by atoms with van der Waals surface area (Å²) in [5.74, 6) is 2.32. The number of methoxy groups -OCH3 is 1. The second kappa shape index (κ2) is 9.11. The number of benzene rings is 2. The summed E-state index contributed by atoms with van der Waals surface area (Å²) in [6.45, 7) is 2.15. The Morgan fingerprint density at radius 2 is 1.77 bits per heavy atom. The number of aromatic nitrogens is 3. The summed E-state index contributed by atoms with van der Waals surface area (Å²) >= 11 is 5.79. The van der Waals surface area contributed by atoms with Crippen molar-refractivity contribution in [3.05, 3.63) is 88.9 Å². The van der Waals surface area contributed by atoms with Crippen molar-refractivity contribution in [3.8, 4) is 17.3 Å². The van der Waals surface area contributed by atoms with Crippen LogP contribution in [0.3, 0.4) is 0 Å². The average molecular weight is 422 g/mol. The number of hydrogen-bond donors (Lipinski definition) is 1. The van der Waals surface area contributed by atoms with Crippen LogP contribution in [0, 0.1) is 4.77 Å². The van der Waals surface area contributed by atoms with Crippen molar-refractivity contribution in [1.82, 2.24) is 14.3 Å². The molecule has 1 atom stereocenters. The van der Waals surface area contributed by atoms with E-state index < -0.39 is 0 Å². The van der Waals surface area contributed by atoms with Crippen molar-refractivity contribution >= 4 is 12.2 Å². The lowest BCUT2D eigenvalue weighted by Gasteiger charge is -2.14. The first-order chi connectivity index (χ1) is 14.6. The fourth-order valence-electron chi connectivity index (χ4n) is 3.44. The Morgan fingerprint density at radius 3 is 2.43 bits per heavy atom. The lowest BCUT2D eigenvalue weighted by molar-refractivity contribution is -0.917. The van der Waals surface area contributed by atoms with Gasteiger partial charge in [0.25, 0.3) is 0 Å². The molecule has 0 saturated heterocycles. The van der Waals surface area contributed by atoms with Crippen LogP contribution in [-0.4, -0.2) is 28.5 Å². The predicted molar refractivity (Wildman–Crippen MR) is 118 cm³/mol. The second-order valence-electron chi connectivity index (χ2n) is 7.29. The van der Waals surface area contributed by atoms with Crippen LogP contribution in [0.15, 0.2) is 77.4 Å². The van der Waals surface area contributed by atoms with E-state index in [0.29, 0.717) is 23.7 Å². The van der Waals surface area contributed by atoms with E-state index >= 15 is 0 Å². The first kappa shape index (κ1) is 20.1. The summed E-state index contributed by atoms with van der Waals surface area (Å²) in [4.78, 5) is 1.27. The highest BCUT2D eigenvalue weighted by atomic mass is 32.1. The Morgan fingerprint density at radius 1 is 1.00 bits per heavy atom. The zero-order valence-corrected chi connectivity index (χ0v) is 17.9. The summed E-state index contributed by atoms with van der Waals surface area (Å²) in [5.41, 5.74) is 2.40. The van der Waals surface area contributed by atoms with Gasteiger partial charge in [-0.25, -0.2) is 0 Å². The van der Waals surface area contributed by atoms with Crippen molar-refractivity contribution < 1.29 is 14.1 Å². The third kappa shape index (κ3) is 4.53. The number of quaternary nitrogens is 1. The van der Waals surface area contributed by atoms with E-state index in [1.54, 1.807) is 13.4 Å². The topological polar surface area (TPSA) is 49.6 Å². The molecular formula is C23H25N4O2S+. The van der Waals surface area contributed by atoms with Gasteiger partial charge in [0.05, 0.1) is 27.0 Å². The smallest absolute Gasteiger partial charge is 0.203 e. The predicted octanol–water partition coefficient (Wildman–Crippen LogP) is 3.40. The molecule has 30 heavy (non-hydrogen) atoms. The van der Waals surface area contributed by atoms with Crippen LogP contribution in [0.5, 0.6) is 5.75 Å². The molecule has 0 saturated carbocycles. The molecule has 0 bridgehead atoms. The van der Waals surface area contributed by atoms with Crippen LogP contribution in [0.25, 0.3) is 11.6 Å². The average Bonchev–Trinajstić information content (AvgIpc) is 3.39. The summed E-state index contributed by atoms with van der Waals surface area (Å²) in [6.07, 6.45) is 1.66. The van der Waals surface area contributed by atoms with Crippen molar-refractivity contribution in [1.29, 1.82) is 0 Å². The van der Waals surface area contributed by atoms with Gasteiger partial charge in [-0.05, 0) is 54.2 Å². The van der Waals surface area contributed by atoms with Crippen molar-refractivity contribution in [2.75, 3.05) is 14.2 Å². The van der Waals surface area contributed by atoms with Crippen LogP contribution in [0.4, 0.5) is 0 Å². The third-order valence-corrected chi connectivity index (χ3v) is 5.36. The van der Waals surface area contributed by atoms with Crippen LogP contribution in [0.1, 0.15) is 11.1 Å². The Hall–Kier alpha value is -3.16. The number of hydrogen-bond acceptors (Lipinski definition) is 4. The summed E-state index contributed by atoms with van der Waals surface area (Å²) in [5, 5.41) is 4.80. The Kier molecular flexibility index (Phi) is 6.11. The van der Waals surface area contributed by atoms with Gasteiger partial charge in [-0.3, -0.25) is 4.57 Å². The van der Waals surface area contributed by atoms with Crippen molar-refractivity contribution in [3.63, 3.8) is 0 Å². The molecule has 2 heterocycles. The standard InChI is InChI=1S/C23H24N4O2S/c1-25(15-19-10-12-20(28-2)13-11-19)17-27-23(30)26(16-18-7-4-3-5-8-18)22(24-27)21-9-6-14-29-21/h3-14H,15-17H2,1-2H3/p+1. The number of nitrogens with zero attached hydrogens (tertiary/aromatic N) is 3. The van der Waals surface area contributed by atoms with Gasteiger partial charge < -0.3 is 14.1 Å². The third-order valence-electron chi connectivity index (χ3n) is 4.93. The number of rotatable bonds is 8. The molecule has 0 spiro atoms. The van der Waals surface area contributed by atoms with E-state index in [4.69, 9.17) is 26.5 Å². The van der Waals surface area contributed by atoms with Gasteiger partial charge >= 0.3 is 0 Å². The van der Waals surface area contributed by atoms with Gasteiger partial charge in [-0.2, -0.15) is 4.68 Å². The molecule has 0 amide bonds. The molecule has 1 N–H and O–H groups in total. The fourth-order valence-corrected chi connectivity index (χ4v) is 3.70. The molecule has 0 aliphatic carbocycles. The summed E-state index contributed by atoms with van der Waals surface area (Å²) < 4.78 is 15.5. The van der Waals surface area contributed by atoms with E-state index in [1.165, 1.54) is 16.0 Å². The summed E-state index contributed by atoms with van der Waals surface area (Å²) in [7, 11) is 3.81. The van der Waals surface area contributed by atoms with Crippen LogP contribution in [-0.2, 0) is 19.8 Å². The maximum atomic E-state index is 5.79. The molecule has 2 aromatic heterocycles. The molecule has 0 radical (unpaired) electrons. The van der Waals surface area contributed by atoms with Crippen molar-refractivity contribution in [2.24, 2.45) is 0 Å². The fraction of sp³-hybridized carbons (Fsp3) is 0.217. The van der Waals surface area contributed by atoms with E-state index in [-0.39, 0.29) is 0 Å². The molecule has 1 unspecified atom stereocenters. The largest absolute Gasteiger partial charge is 0.497 e. The normalized spacial score (nSPS) is 12.1. The van der Waals surface area contributed by atoms with Gasteiger partial charge in [0.15, 0.2) is 18.3 Å². The summed E-state index contributed by atoms with van der Waals surface area (Å²) in [6, 6.07) is 22.2. The molecule has 7 heteroatoms. The molecular weight excluding hydrogens is 396 g/mol. The van der Waals surface area contributed by atoms with E-state index in [9.17, 15) is 0 Å². The molecule has 2 aromatic carbocycles. The Labute approximate surface area is 180 Å². The van der Waals surface area contributed by atoms with Gasteiger partial charge in [0.1, 0.15) is 12.3 Å². The highest BCUT2D eigenvalue weighted by Crippen LogP contribution is 2.20. The van der Waals surface area contributed by atoms with Crippen LogP contribution < -0.4 is 9.64 Å². The molecule has 6 nitrogen and oxygen atoms in total. The molecule has 0 fully saturated rings. The molecule has 154 valence electrons. The van der Waals surface area contributed by atoms with Gasteiger partial charge in [0.2, 0.25) is 4.77 Å². The molecule has 4 rings (SSSR count). The van der Waals surface area contributed by atoms with E-state index in [1.807, 2.05) is 51.7 Å². The number of nitrogens with one attached hydrogen (secondary N) is 1. The lowest BCUT2D eigenvalue weighted by atomic mass is 10.2. The maximum Gasteiger partial charge on any atom is 0.203 e. The molecule has 0 aliphatic rings. The van der Waals surface area contributed by atoms with Crippen molar-refractivity contribution in [2.45, 2.75) is 19.8 Å². The van der Waals surface area contributed by atoms with Gasteiger partial charge in [0, 0.05) is 5.56 Å². The van der Waals surface area contributed by atoms with Crippen LogP contribution >= 0.6 is 12.2 Å². The zero-order valence-electron chi connectivity index (χ0n) is 17.1. The first-order valence-corrected chi connectivity index (χ1v) is 10.2. The number of ether oxygens (including phenoxy) is 1. The molecule has 4 aromatic rings. The van der Waals surface area contributed by atoms with Gasteiger partial charge in [-0.1, -0.05) is 30.3 Å². The Bertz CT molecular complexity index is 1130. The SMILES string of the molecule is COc1ccc(C[NH+](C)Cn2nc(-c3ccco3)n(Cc3ccccc3)c2=S)cc1. The lowest BCUT2D eigenvalue weighted by Crippen LogP contribution is -3.07. The zero-order chi connectivity index (χ0) is 20.9. The highest BCUT2D eigenvalue weighted by molar-refractivity contribution is 7.71. The first-order valence-electron chi connectivity index (χ1n) is 9.83.